The van der Waals surface area contributed by atoms with Crippen molar-refractivity contribution in [2.24, 2.45) is 7.05 Å². The molecule has 3 rings (SSSR count). The Morgan fingerprint density at radius 3 is 2.44 bits per heavy atom. The Hall–Kier alpha value is -1.61. The Balaban J connectivity index is 1.97. The van der Waals surface area contributed by atoms with Crippen LogP contribution in [0.15, 0.2) is 42.6 Å². The summed E-state index contributed by atoms with van der Waals surface area (Å²) in [5.74, 6) is 0. The fourth-order valence-corrected chi connectivity index (χ4v) is 2.94. The molecule has 1 atom stereocenters. The molecule has 18 heavy (non-hydrogen) atoms. The minimum Gasteiger partial charge on any atom is -0.311 e. The summed E-state index contributed by atoms with van der Waals surface area (Å²) in [6.45, 7) is 0. The molecule has 94 valence electrons. The van der Waals surface area contributed by atoms with Crippen molar-refractivity contribution in [1.82, 2.24) is 15.1 Å². The average Bonchev–Trinajstić information content (AvgIpc) is 3.09. The van der Waals surface area contributed by atoms with Gasteiger partial charge < -0.3 is 5.32 Å². The van der Waals surface area contributed by atoms with E-state index in [2.05, 4.69) is 46.8 Å². The van der Waals surface area contributed by atoms with Crippen LogP contribution in [0.5, 0.6) is 0 Å². The van der Waals surface area contributed by atoms with Gasteiger partial charge in [0, 0.05) is 18.7 Å². The molecule has 3 nitrogen and oxygen atoms in total. The van der Waals surface area contributed by atoms with E-state index in [4.69, 9.17) is 0 Å². The summed E-state index contributed by atoms with van der Waals surface area (Å²) in [6.07, 6.45) is 4.49. The summed E-state index contributed by atoms with van der Waals surface area (Å²) in [5.41, 5.74) is 2.81. The van der Waals surface area contributed by atoms with Gasteiger partial charge in [0.2, 0.25) is 0 Å². The highest BCUT2D eigenvalue weighted by molar-refractivity contribution is 5.36. The van der Waals surface area contributed by atoms with Crippen LogP contribution in [0.4, 0.5) is 0 Å². The van der Waals surface area contributed by atoms with E-state index < -0.39 is 0 Å². The summed E-state index contributed by atoms with van der Waals surface area (Å²) in [6, 6.07) is 13.2. The molecule has 1 N–H and O–H groups in total. The van der Waals surface area contributed by atoms with E-state index >= 15 is 0 Å². The largest absolute Gasteiger partial charge is 0.311 e. The van der Waals surface area contributed by atoms with E-state index in [1.54, 1.807) is 0 Å². The zero-order valence-corrected chi connectivity index (χ0v) is 10.9. The van der Waals surface area contributed by atoms with Gasteiger partial charge in [-0.3, -0.25) is 4.68 Å². The van der Waals surface area contributed by atoms with E-state index in [0.29, 0.717) is 6.04 Å². The lowest BCUT2D eigenvalue weighted by Crippen LogP contribution is -2.30. The Labute approximate surface area is 108 Å². The van der Waals surface area contributed by atoms with Crippen LogP contribution >= 0.6 is 0 Å². The predicted octanol–water partition coefficient (Wildman–Crippen LogP) is 2.41. The second-order valence-corrected chi connectivity index (χ2v) is 5.16. The van der Waals surface area contributed by atoms with Crippen molar-refractivity contribution in [1.29, 1.82) is 0 Å². The van der Waals surface area contributed by atoms with Crippen LogP contribution in [0.1, 0.15) is 30.1 Å². The summed E-state index contributed by atoms with van der Waals surface area (Å²) in [5, 5.41) is 8.02. The normalized spacial score (nSPS) is 18.6. The van der Waals surface area contributed by atoms with Crippen molar-refractivity contribution in [3.8, 4) is 0 Å². The van der Waals surface area contributed by atoms with E-state index in [1.807, 2.05) is 25.0 Å². The third kappa shape index (κ3) is 1.75. The molecule has 1 aromatic heterocycles. The Kier molecular flexibility index (Phi) is 2.71. The highest BCUT2D eigenvalue weighted by Gasteiger charge is 2.51. The van der Waals surface area contributed by atoms with E-state index in [9.17, 15) is 0 Å². The van der Waals surface area contributed by atoms with Crippen LogP contribution < -0.4 is 5.32 Å². The highest BCUT2D eigenvalue weighted by atomic mass is 15.3. The summed E-state index contributed by atoms with van der Waals surface area (Å²) in [7, 11) is 4.00. The van der Waals surface area contributed by atoms with Gasteiger partial charge in [0.1, 0.15) is 0 Å². The number of aryl methyl sites for hydroxylation is 1. The van der Waals surface area contributed by atoms with Crippen molar-refractivity contribution in [2.75, 3.05) is 7.05 Å². The van der Waals surface area contributed by atoms with Gasteiger partial charge in [0.15, 0.2) is 0 Å². The minimum absolute atomic E-state index is 0.240. The van der Waals surface area contributed by atoms with Gasteiger partial charge in [-0.2, -0.15) is 5.10 Å². The maximum absolute atomic E-state index is 4.57. The van der Waals surface area contributed by atoms with Crippen molar-refractivity contribution in [2.45, 2.75) is 24.3 Å². The number of nitrogens with zero attached hydrogens (tertiary/aromatic N) is 2. The number of hydrogen-bond donors (Lipinski definition) is 1. The van der Waals surface area contributed by atoms with Crippen molar-refractivity contribution >= 4 is 0 Å². The molecular formula is C15H19N3. The van der Waals surface area contributed by atoms with Crippen molar-refractivity contribution in [3.63, 3.8) is 0 Å². The molecule has 0 aliphatic heterocycles. The first-order chi connectivity index (χ1) is 8.76. The summed E-state index contributed by atoms with van der Waals surface area (Å²) in [4.78, 5) is 0. The molecule has 1 aliphatic carbocycles. The topological polar surface area (TPSA) is 29.9 Å². The first kappa shape index (κ1) is 11.5. The molecule has 0 bridgehead atoms. The second-order valence-electron chi connectivity index (χ2n) is 5.16. The molecular weight excluding hydrogens is 222 g/mol. The van der Waals surface area contributed by atoms with Crippen LogP contribution in [-0.4, -0.2) is 16.8 Å². The van der Waals surface area contributed by atoms with Gasteiger partial charge in [0.25, 0.3) is 0 Å². The smallest absolute Gasteiger partial charge is 0.0802 e. The maximum Gasteiger partial charge on any atom is 0.0802 e. The van der Waals surface area contributed by atoms with Crippen LogP contribution in [0.25, 0.3) is 0 Å². The van der Waals surface area contributed by atoms with Gasteiger partial charge in [-0.15, -0.1) is 0 Å². The monoisotopic (exact) mass is 241 g/mol. The van der Waals surface area contributed by atoms with E-state index in [-0.39, 0.29) is 5.41 Å². The molecule has 3 heteroatoms. The average molecular weight is 241 g/mol. The van der Waals surface area contributed by atoms with Crippen LogP contribution in [0.2, 0.25) is 0 Å². The second kappa shape index (κ2) is 4.25. The number of rotatable bonds is 4. The summed E-state index contributed by atoms with van der Waals surface area (Å²) < 4.78 is 1.88. The van der Waals surface area contributed by atoms with Gasteiger partial charge in [-0.25, -0.2) is 0 Å². The number of benzene rings is 1. The molecule has 0 spiro atoms. The third-order valence-corrected chi connectivity index (χ3v) is 4.01. The molecule has 0 radical (unpaired) electrons. The highest BCUT2D eigenvalue weighted by Crippen LogP contribution is 2.56. The van der Waals surface area contributed by atoms with Gasteiger partial charge in [0.05, 0.1) is 11.7 Å². The van der Waals surface area contributed by atoms with Crippen molar-refractivity contribution < 1.29 is 0 Å². The summed E-state index contributed by atoms with van der Waals surface area (Å²) >= 11 is 0. The Morgan fingerprint density at radius 1 is 1.22 bits per heavy atom. The fraction of sp³-hybridized carbons (Fsp3) is 0.400. The third-order valence-electron chi connectivity index (χ3n) is 4.01. The van der Waals surface area contributed by atoms with Crippen molar-refractivity contribution in [3.05, 3.63) is 53.9 Å². The van der Waals surface area contributed by atoms with Gasteiger partial charge in [-0.05, 0) is 31.5 Å². The lowest BCUT2D eigenvalue weighted by atomic mass is 9.86. The zero-order valence-electron chi connectivity index (χ0n) is 10.9. The maximum atomic E-state index is 4.57. The number of nitrogens with one attached hydrogen (secondary N) is 1. The van der Waals surface area contributed by atoms with E-state index in [0.717, 1.165) is 5.69 Å². The molecule has 0 saturated heterocycles. The first-order valence-electron chi connectivity index (χ1n) is 6.48. The molecule has 1 aliphatic rings. The molecule has 1 aromatic carbocycles. The van der Waals surface area contributed by atoms with Crippen LogP contribution in [0, 0.1) is 0 Å². The van der Waals surface area contributed by atoms with Gasteiger partial charge in [-0.1, -0.05) is 30.3 Å². The molecule has 1 fully saturated rings. The molecule has 1 unspecified atom stereocenters. The molecule has 0 amide bonds. The standard InChI is InChI=1S/C15H19N3/c1-16-14(13-8-11-18(2)17-13)15(9-10-15)12-6-4-3-5-7-12/h3-8,11,14,16H,9-10H2,1-2H3. The molecule has 1 heterocycles. The minimum atomic E-state index is 0.240. The molecule has 2 aromatic rings. The Bertz CT molecular complexity index is 526. The zero-order chi connectivity index (χ0) is 12.6. The SMILES string of the molecule is CNC(c1ccn(C)n1)C1(c2ccccc2)CC1. The number of likely N-dealkylation sites (N-methyl/N-ethyl adjacent to an activating group) is 1. The van der Waals surface area contributed by atoms with Crippen LogP contribution in [-0.2, 0) is 12.5 Å². The van der Waals surface area contributed by atoms with E-state index in [1.165, 1.54) is 18.4 Å². The lowest BCUT2D eigenvalue weighted by molar-refractivity contribution is 0.448. The fourth-order valence-electron chi connectivity index (χ4n) is 2.94. The predicted molar refractivity (Wildman–Crippen MR) is 72.4 cm³/mol. The Morgan fingerprint density at radius 2 is 1.94 bits per heavy atom. The first-order valence-corrected chi connectivity index (χ1v) is 6.48. The van der Waals surface area contributed by atoms with Crippen LogP contribution in [0.3, 0.4) is 0 Å². The number of hydrogen-bond acceptors (Lipinski definition) is 2. The number of aromatic nitrogens is 2. The van der Waals surface area contributed by atoms with Gasteiger partial charge >= 0.3 is 0 Å². The quantitative estimate of drug-likeness (QED) is 0.891. The lowest BCUT2D eigenvalue weighted by Gasteiger charge is -2.25. The molecule has 1 saturated carbocycles.